The van der Waals surface area contributed by atoms with E-state index in [1.165, 1.54) is 0 Å². The maximum Gasteiger partial charge on any atom is 0.490 e. The first-order valence-corrected chi connectivity index (χ1v) is 12.2. The lowest BCUT2D eigenvalue weighted by molar-refractivity contribution is -0.192. The Kier molecular flexibility index (Phi) is 8.58. The van der Waals surface area contributed by atoms with Crippen LogP contribution >= 0.6 is 0 Å². The van der Waals surface area contributed by atoms with Crippen molar-refractivity contribution in [1.29, 1.82) is 0 Å². The lowest BCUT2D eigenvalue weighted by Gasteiger charge is -2.36. The molecule has 40 heavy (non-hydrogen) atoms. The van der Waals surface area contributed by atoms with E-state index in [0.29, 0.717) is 42.0 Å². The summed E-state index contributed by atoms with van der Waals surface area (Å²) in [5, 5.41) is 24.5. The SMILES string of the molecule is CCCc1c(-c2nc(-c3ccc(CN4CC(C(=O)O)C4)cc3)no2)noc1-c1ccccn1.O=C(O)C(F)(F)F. The molecule has 1 aliphatic rings. The summed E-state index contributed by atoms with van der Waals surface area (Å²) in [6.45, 7) is 3.98. The molecule has 11 nitrogen and oxygen atoms in total. The Bertz CT molecular complexity index is 1450. The fraction of sp³-hybridized carbons (Fsp3) is 0.308. The zero-order valence-electron chi connectivity index (χ0n) is 21.1. The molecule has 0 saturated carbocycles. The lowest BCUT2D eigenvalue weighted by Crippen LogP contribution is -2.49. The molecular weight excluding hydrogens is 535 g/mol. The molecule has 0 amide bonds. The molecule has 14 heteroatoms. The summed E-state index contributed by atoms with van der Waals surface area (Å²) >= 11 is 0. The first-order valence-electron chi connectivity index (χ1n) is 12.2. The highest BCUT2D eigenvalue weighted by molar-refractivity contribution is 5.73. The van der Waals surface area contributed by atoms with Crippen LogP contribution in [0.1, 0.15) is 24.5 Å². The summed E-state index contributed by atoms with van der Waals surface area (Å²) in [7, 11) is 0. The number of carbonyl (C=O) groups is 2. The number of likely N-dealkylation sites (tertiary alicyclic amines) is 1. The highest BCUT2D eigenvalue weighted by Crippen LogP contribution is 2.32. The van der Waals surface area contributed by atoms with Crippen LogP contribution in [0.3, 0.4) is 0 Å². The topological polar surface area (TPSA) is 156 Å². The van der Waals surface area contributed by atoms with E-state index in [9.17, 15) is 18.0 Å². The van der Waals surface area contributed by atoms with E-state index in [1.807, 2.05) is 42.5 Å². The molecule has 0 radical (unpaired) electrons. The zero-order valence-corrected chi connectivity index (χ0v) is 21.1. The molecule has 0 atom stereocenters. The third kappa shape index (κ3) is 6.69. The fourth-order valence-electron chi connectivity index (χ4n) is 3.97. The number of halogens is 3. The number of pyridine rings is 1. The smallest absolute Gasteiger partial charge is 0.481 e. The summed E-state index contributed by atoms with van der Waals surface area (Å²) in [6.07, 6.45) is -1.72. The number of rotatable bonds is 8. The average molecular weight is 560 g/mol. The first-order chi connectivity index (χ1) is 19.1. The van der Waals surface area contributed by atoms with Crippen molar-refractivity contribution >= 4 is 11.9 Å². The molecule has 0 unspecified atom stereocenters. The number of carboxylic acids is 2. The summed E-state index contributed by atoms with van der Waals surface area (Å²) in [6, 6.07) is 13.5. The van der Waals surface area contributed by atoms with Gasteiger partial charge in [-0.2, -0.15) is 18.2 Å². The molecule has 5 rings (SSSR count). The van der Waals surface area contributed by atoms with Gasteiger partial charge in [-0.05, 0) is 24.1 Å². The van der Waals surface area contributed by atoms with Gasteiger partial charge in [0, 0.05) is 37.0 Å². The molecule has 1 aromatic carbocycles. The van der Waals surface area contributed by atoms with Crippen molar-refractivity contribution in [1.82, 2.24) is 25.2 Å². The summed E-state index contributed by atoms with van der Waals surface area (Å²) in [5.74, 6) is -2.34. The van der Waals surface area contributed by atoms with E-state index in [-0.39, 0.29) is 5.92 Å². The second-order valence-electron chi connectivity index (χ2n) is 8.96. The maximum atomic E-state index is 11.0. The number of aromatic nitrogens is 4. The van der Waals surface area contributed by atoms with Gasteiger partial charge < -0.3 is 19.3 Å². The Morgan fingerprint density at radius 1 is 1.05 bits per heavy atom. The normalized spacial score (nSPS) is 13.8. The van der Waals surface area contributed by atoms with Gasteiger partial charge in [0.25, 0.3) is 5.89 Å². The minimum atomic E-state index is -5.08. The van der Waals surface area contributed by atoms with Gasteiger partial charge in [0.15, 0.2) is 11.5 Å². The van der Waals surface area contributed by atoms with E-state index in [2.05, 4.69) is 32.1 Å². The summed E-state index contributed by atoms with van der Waals surface area (Å²) in [4.78, 5) is 30.9. The van der Waals surface area contributed by atoms with Crippen LogP contribution in [-0.4, -0.2) is 66.6 Å². The van der Waals surface area contributed by atoms with Crippen LogP contribution in [-0.2, 0) is 22.6 Å². The van der Waals surface area contributed by atoms with Crippen molar-refractivity contribution in [3.8, 4) is 34.4 Å². The van der Waals surface area contributed by atoms with E-state index >= 15 is 0 Å². The average Bonchev–Trinajstić information content (AvgIpc) is 3.54. The van der Waals surface area contributed by atoms with Crippen molar-refractivity contribution in [3.63, 3.8) is 0 Å². The van der Waals surface area contributed by atoms with E-state index in [0.717, 1.165) is 36.1 Å². The van der Waals surface area contributed by atoms with Gasteiger partial charge >= 0.3 is 18.1 Å². The molecular formula is C26H24F3N5O6. The van der Waals surface area contributed by atoms with Crippen LogP contribution in [0, 0.1) is 5.92 Å². The van der Waals surface area contributed by atoms with Crippen LogP contribution in [0.4, 0.5) is 13.2 Å². The van der Waals surface area contributed by atoms with Gasteiger partial charge in [0.05, 0.1) is 5.92 Å². The predicted octanol–water partition coefficient (Wildman–Crippen LogP) is 4.56. The standard InChI is InChI=1S/C24H23N5O4.C2HF3O2/c1-2-5-18-20(27-32-21(18)19-6-3-4-11-25-19)23-26-22(28-33-23)16-9-7-15(8-10-16)12-29-13-17(14-29)24(30)31;3-2(4,5)1(6)7/h3-4,6-11,17H,2,5,12-14H2,1H3,(H,30,31);(H,6,7). The number of nitrogens with zero attached hydrogens (tertiary/aromatic N) is 5. The molecule has 4 aromatic rings. The lowest BCUT2D eigenvalue weighted by atomic mass is 9.99. The van der Waals surface area contributed by atoms with Gasteiger partial charge in [-0.3, -0.25) is 14.7 Å². The van der Waals surface area contributed by atoms with Crippen LogP contribution in [0.15, 0.2) is 57.7 Å². The van der Waals surface area contributed by atoms with Gasteiger partial charge in [-0.1, -0.05) is 54.0 Å². The van der Waals surface area contributed by atoms with Crippen molar-refractivity contribution < 1.29 is 42.0 Å². The van der Waals surface area contributed by atoms with Crippen molar-refractivity contribution in [2.75, 3.05) is 13.1 Å². The molecule has 1 aliphatic heterocycles. The Morgan fingerprint density at radius 2 is 1.75 bits per heavy atom. The van der Waals surface area contributed by atoms with E-state index in [1.54, 1.807) is 6.20 Å². The van der Waals surface area contributed by atoms with Crippen LogP contribution in [0.25, 0.3) is 34.4 Å². The van der Waals surface area contributed by atoms with Crippen LogP contribution in [0.5, 0.6) is 0 Å². The van der Waals surface area contributed by atoms with Crippen molar-refractivity contribution in [2.24, 2.45) is 5.92 Å². The molecule has 0 spiro atoms. The van der Waals surface area contributed by atoms with Crippen LogP contribution in [0.2, 0.25) is 0 Å². The highest BCUT2D eigenvalue weighted by atomic mass is 19.4. The Morgan fingerprint density at radius 3 is 2.33 bits per heavy atom. The number of hydrogen-bond acceptors (Lipinski definition) is 9. The monoisotopic (exact) mass is 559 g/mol. The minimum absolute atomic E-state index is 0.255. The Balaban J connectivity index is 0.000000470. The maximum absolute atomic E-state index is 11.0. The second-order valence-corrected chi connectivity index (χ2v) is 8.96. The summed E-state index contributed by atoms with van der Waals surface area (Å²) < 4.78 is 42.9. The third-order valence-corrected chi connectivity index (χ3v) is 5.98. The summed E-state index contributed by atoms with van der Waals surface area (Å²) in [5.41, 5.74) is 4.08. The molecule has 1 saturated heterocycles. The number of alkyl halides is 3. The van der Waals surface area contributed by atoms with Crippen molar-refractivity contribution in [3.05, 3.63) is 59.8 Å². The Hall–Kier alpha value is -4.59. The third-order valence-electron chi connectivity index (χ3n) is 5.98. The molecule has 210 valence electrons. The minimum Gasteiger partial charge on any atom is -0.481 e. The molecule has 4 heterocycles. The van der Waals surface area contributed by atoms with Gasteiger partial charge in [-0.15, -0.1) is 0 Å². The van der Waals surface area contributed by atoms with Gasteiger partial charge in [0.1, 0.15) is 5.69 Å². The molecule has 3 aromatic heterocycles. The second kappa shape index (κ2) is 12.1. The highest BCUT2D eigenvalue weighted by Gasteiger charge is 2.38. The van der Waals surface area contributed by atoms with E-state index < -0.39 is 18.1 Å². The quantitative estimate of drug-likeness (QED) is 0.312. The zero-order chi connectivity index (χ0) is 28.9. The van der Waals surface area contributed by atoms with Crippen molar-refractivity contribution in [2.45, 2.75) is 32.5 Å². The van der Waals surface area contributed by atoms with Gasteiger partial charge in [-0.25, -0.2) is 4.79 Å². The number of carboxylic acid groups (broad SMARTS) is 2. The largest absolute Gasteiger partial charge is 0.490 e. The molecule has 1 fully saturated rings. The van der Waals surface area contributed by atoms with E-state index in [4.69, 9.17) is 24.1 Å². The Labute approximate surface area is 225 Å². The number of hydrogen-bond donors (Lipinski definition) is 2. The molecule has 2 N–H and O–H groups in total. The first kappa shape index (κ1) is 28.4. The fourth-order valence-corrected chi connectivity index (χ4v) is 3.97. The van der Waals surface area contributed by atoms with Gasteiger partial charge in [0.2, 0.25) is 5.82 Å². The number of benzene rings is 1. The molecule has 0 aliphatic carbocycles. The number of aliphatic carboxylic acids is 2. The van der Waals surface area contributed by atoms with Crippen LogP contribution < -0.4 is 0 Å². The molecule has 0 bridgehead atoms. The predicted molar refractivity (Wildman–Crippen MR) is 133 cm³/mol.